The Balaban J connectivity index is 1.39. The highest BCUT2D eigenvalue weighted by Gasteiger charge is 2.25. The number of likely N-dealkylation sites (tertiary alicyclic amines) is 1. The zero-order valence-corrected chi connectivity index (χ0v) is 16.6. The molecule has 0 unspecified atom stereocenters. The van der Waals surface area contributed by atoms with Crippen LogP contribution in [0.2, 0.25) is 0 Å². The third-order valence-electron chi connectivity index (χ3n) is 6.00. The van der Waals surface area contributed by atoms with Gasteiger partial charge in [-0.2, -0.15) is 15.1 Å². The molecule has 0 amide bonds. The summed E-state index contributed by atoms with van der Waals surface area (Å²) in [5, 5.41) is 10.8. The van der Waals surface area contributed by atoms with E-state index in [1.807, 2.05) is 12.1 Å². The minimum absolute atomic E-state index is 0.368. The normalized spacial score (nSPS) is 19.5. The largest absolute Gasteiger partial charge is 0.462 e. The summed E-state index contributed by atoms with van der Waals surface area (Å²) in [5.74, 6) is 1.40. The van der Waals surface area contributed by atoms with Gasteiger partial charge in [0.25, 0.3) is 0 Å². The van der Waals surface area contributed by atoms with Gasteiger partial charge in [-0.25, -0.2) is 0 Å². The molecule has 0 radical (unpaired) electrons. The number of hydrogen-bond acceptors (Lipinski definition) is 8. The van der Waals surface area contributed by atoms with Crippen molar-refractivity contribution in [3.63, 3.8) is 0 Å². The van der Waals surface area contributed by atoms with Crippen molar-refractivity contribution in [3.05, 3.63) is 41.7 Å². The second kappa shape index (κ2) is 7.44. The van der Waals surface area contributed by atoms with Crippen molar-refractivity contribution < 1.29 is 4.74 Å². The average Bonchev–Trinajstić information content (AvgIpc) is 3.16. The van der Waals surface area contributed by atoms with Crippen LogP contribution in [-0.4, -0.2) is 57.9 Å². The second-order valence-corrected chi connectivity index (χ2v) is 7.83. The highest BCUT2D eigenvalue weighted by atomic mass is 16.5. The Kier molecular flexibility index (Phi) is 4.63. The van der Waals surface area contributed by atoms with Gasteiger partial charge in [0.05, 0.1) is 18.4 Å². The number of nitrogen functional groups attached to an aromatic ring is 1. The molecule has 0 bridgehead atoms. The Labute approximate surface area is 169 Å². The van der Waals surface area contributed by atoms with Crippen LogP contribution in [0.25, 0.3) is 10.8 Å². The molecule has 1 fully saturated rings. The molecule has 1 atom stereocenters. The number of anilines is 2. The number of aromatic nitrogens is 4. The Bertz CT molecular complexity index is 1040. The van der Waals surface area contributed by atoms with E-state index >= 15 is 0 Å². The summed E-state index contributed by atoms with van der Waals surface area (Å²) in [4.78, 5) is 13.6. The minimum atomic E-state index is 0.368. The molecular weight excluding hydrogens is 366 g/mol. The standard InChI is InChI=1S/C21H25N7O/c1-27-9-4-6-15(27)13-29-21-24-18-12-28(10-8-17(18)19(22)25-21)20-16-7-3-2-5-14(16)11-23-26-20/h2-3,5,7,11,15H,4,6,8-10,12-13H2,1H3,(H2,22,24,25)/t15-/m0/s1. The first kappa shape index (κ1) is 18.1. The van der Waals surface area contributed by atoms with Crippen LogP contribution < -0.4 is 15.4 Å². The highest BCUT2D eigenvalue weighted by Crippen LogP contribution is 2.30. The summed E-state index contributed by atoms with van der Waals surface area (Å²) in [7, 11) is 2.13. The number of likely N-dealkylation sites (N-methyl/N-ethyl adjacent to an activating group) is 1. The number of rotatable bonds is 4. The molecule has 29 heavy (non-hydrogen) atoms. The van der Waals surface area contributed by atoms with E-state index in [1.54, 1.807) is 6.20 Å². The van der Waals surface area contributed by atoms with Crippen LogP contribution in [0.4, 0.5) is 11.6 Å². The number of fused-ring (bicyclic) bond motifs is 2. The van der Waals surface area contributed by atoms with E-state index in [9.17, 15) is 0 Å². The molecular formula is C21H25N7O. The molecule has 2 aliphatic rings. The van der Waals surface area contributed by atoms with E-state index in [0.717, 1.165) is 53.8 Å². The van der Waals surface area contributed by atoms with Gasteiger partial charge in [-0.05, 0) is 32.9 Å². The molecule has 3 aromatic rings. The number of nitrogens with zero attached hydrogens (tertiary/aromatic N) is 6. The number of ether oxygens (including phenoxy) is 1. The fourth-order valence-electron chi connectivity index (χ4n) is 4.29. The molecule has 4 heterocycles. The van der Waals surface area contributed by atoms with E-state index in [1.165, 1.54) is 6.42 Å². The Morgan fingerprint density at radius 2 is 2.10 bits per heavy atom. The summed E-state index contributed by atoms with van der Waals surface area (Å²) in [6.07, 6.45) is 4.92. The third kappa shape index (κ3) is 3.44. The average molecular weight is 391 g/mol. The van der Waals surface area contributed by atoms with Crippen molar-refractivity contribution in [1.82, 2.24) is 25.1 Å². The van der Waals surface area contributed by atoms with Crippen molar-refractivity contribution in [2.24, 2.45) is 0 Å². The van der Waals surface area contributed by atoms with E-state index in [2.05, 4.69) is 44.2 Å². The fourth-order valence-corrected chi connectivity index (χ4v) is 4.29. The van der Waals surface area contributed by atoms with Gasteiger partial charge in [0.2, 0.25) is 0 Å². The molecule has 1 aromatic carbocycles. The molecule has 150 valence electrons. The van der Waals surface area contributed by atoms with Crippen LogP contribution >= 0.6 is 0 Å². The van der Waals surface area contributed by atoms with Crippen molar-refractivity contribution in [2.45, 2.75) is 31.8 Å². The number of nitrogens with two attached hydrogens (primary N) is 1. The highest BCUT2D eigenvalue weighted by molar-refractivity contribution is 5.91. The lowest BCUT2D eigenvalue weighted by Gasteiger charge is -2.30. The second-order valence-electron chi connectivity index (χ2n) is 7.83. The maximum atomic E-state index is 6.24. The summed E-state index contributed by atoms with van der Waals surface area (Å²) < 4.78 is 5.93. The van der Waals surface area contributed by atoms with Crippen LogP contribution in [-0.2, 0) is 13.0 Å². The number of hydrogen-bond donors (Lipinski definition) is 1. The first-order chi connectivity index (χ1) is 14.2. The molecule has 0 saturated carbocycles. The van der Waals surface area contributed by atoms with Gasteiger partial charge in [0.15, 0.2) is 5.82 Å². The topological polar surface area (TPSA) is 93.3 Å². The summed E-state index contributed by atoms with van der Waals surface area (Å²) in [6.45, 7) is 3.12. The quantitative estimate of drug-likeness (QED) is 0.722. The monoisotopic (exact) mass is 391 g/mol. The van der Waals surface area contributed by atoms with Gasteiger partial charge in [-0.15, -0.1) is 5.10 Å². The van der Waals surface area contributed by atoms with E-state index in [4.69, 9.17) is 15.5 Å². The van der Waals surface area contributed by atoms with E-state index < -0.39 is 0 Å². The molecule has 2 aromatic heterocycles. The van der Waals surface area contributed by atoms with E-state index in [0.29, 0.717) is 31.0 Å². The molecule has 1 saturated heterocycles. The Hall–Kier alpha value is -3.00. The minimum Gasteiger partial charge on any atom is -0.462 e. The van der Waals surface area contributed by atoms with Crippen LogP contribution in [0.5, 0.6) is 6.01 Å². The lowest BCUT2D eigenvalue weighted by Crippen LogP contribution is -2.33. The summed E-state index contributed by atoms with van der Waals surface area (Å²) >= 11 is 0. The molecule has 8 heteroatoms. The van der Waals surface area contributed by atoms with Crippen LogP contribution in [0.15, 0.2) is 30.5 Å². The van der Waals surface area contributed by atoms with Crippen molar-refractivity contribution in [1.29, 1.82) is 0 Å². The van der Waals surface area contributed by atoms with Gasteiger partial charge in [0.1, 0.15) is 12.4 Å². The lowest BCUT2D eigenvalue weighted by molar-refractivity contribution is 0.187. The Morgan fingerprint density at radius 1 is 1.21 bits per heavy atom. The molecule has 2 aliphatic heterocycles. The molecule has 0 aliphatic carbocycles. The van der Waals surface area contributed by atoms with Crippen molar-refractivity contribution >= 4 is 22.4 Å². The van der Waals surface area contributed by atoms with Crippen molar-refractivity contribution in [2.75, 3.05) is 37.4 Å². The van der Waals surface area contributed by atoms with Gasteiger partial charge < -0.3 is 20.3 Å². The SMILES string of the molecule is CN1CCC[C@H]1COc1nc(N)c2c(n1)CN(c1nncc3ccccc13)CC2. The molecule has 0 spiro atoms. The van der Waals surface area contributed by atoms with Gasteiger partial charge in [-0.1, -0.05) is 24.3 Å². The van der Waals surface area contributed by atoms with Crippen molar-refractivity contribution in [3.8, 4) is 6.01 Å². The van der Waals surface area contributed by atoms with Crippen LogP contribution in [0.1, 0.15) is 24.1 Å². The van der Waals surface area contributed by atoms with Gasteiger partial charge >= 0.3 is 6.01 Å². The predicted molar refractivity (Wildman–Crippen MR) is 112 cm³/mol. The summed E-state index contributed by atoms with van der Waals surface area (Å²) in [6, 6.07) is 8.95. The summed E-state index contributed by atoms with van der Waals surface area (Å²) in [5.41, 5.74) is 8.16. The maximum Gasteiger partial charge on any atom is 0.318 e. The lowest BCUT2D eigenvalue weighted by atomic mass is 10.0. The predicted octanol–water partition coefficient (Wildman–Crippen LogP) is 2.04. The van der Waals surface area contributed by atoms with Gasteiger partial charge in [-0.3, -0.25) is 0 Å². The first-order valence-electron chi connectivity index (χ1n) is 10.1. The molecule has 8 nitrogen and oxygen atoms in total. The fraction of sp³-hybridized carbons (Fsp3) is 0.429. The van der Waals surface area contributed by atoms with E-state index in [-0.39, 0.29) is 0 Å². The number of benzene rings is 1. The third-order valence-corrected chi connectivity index (χ3v) is 6.00. The molecule has 5 rings (SSSR count). The Morgan fingerprint density at radius 3 is 2.97 bits per heavy atom. The van der Waals surface area contributed by atoms with Crippen LogP contribution in [0, 0.1) is 0 Å². The molecule has 2 N–H and O–H groups in total. The zero-order valence-electron chi connectivity index (χ0n) is 16.6. The van der Waals surface area contributed by atoms with Crippen LogP contribution in [0.3, 0.4) is 0 Å². The first-order valence-corrected chi connectivity index (χ1v) is 10.1. The van der Waals surface area contributed by atoms with Gasteiger partial charge in [0, 0.05) is 28.9 Å². The smallest absolute Gasteiger partial charge is 0.318 e. The maximum absolute atomic E-state index is 6.24. The zero-order chi connectivity index (χ0) is 19.8.